The van der Waals surface area contributed by atoms with E-state index in [0.717, 1.165) is 37.0 Å². The first kappa shape index (κ1) is 11.2. The maximum absolute atomic E-state index is 5.38. The Morgan fingerprint density at radius 1 is 1.12 bits per heavy atom. The highest BCUT2D eigenvalue weighted by Crippen LogP contribution is 2.28. The normalized spacial score (nSPS) is 26.5. The van der Waals surface area contributed by atoms with Gasteiger partial charge in [-0.25, -0.2) is 0 Å². The van der Waals surface area contributed by atoms with Gasteiger partial charge in [0.15, 0.2) is 5.82 Å². The summed E-state index contributed by atoms with van der Waals surface area (Å²) in [7, 11) is 0. The summed E-state index contributed by atoms with van der Waals surface area (Å²) < 4.78 is 5.38. The van der Waals surface area contributed by atoms with E-state index in [9.17, 15) is 0 Å². The molecule has 0 bridgehead atoms. The summed E-state index contributed by atoms with van der Waals surface area (Å²) in [5.41, 5.74) is 0. The molecule has 0 spiro atoms. The Balaban J connectivity index is 1.60. The first-order chi connectivity index (χ1) is 8.42. The third-order valence-corrected chi connectivity index (χ3v) is 4.04. The zero-order chi connectivity index (χ0) is 11.5. The standard InChI is InChI=1S/C13H21N3O/c1-2-6-10(5-1)9-12-15-13(16-17-12)11-7-3-4-8-14-11/h10-11,14H,1-9H2. The molecule has 1 saturated carbocycles. The number of hydrogen-bond donors (Lipinski definition) is 1. The van der Waals surface area contributed by atoms with E-state index in [-0.39, 0.29) is 0 Å². The molecule has 0 amide bonds. The van der Waals surface area contributed by atoms with E-state index >= 15 is 0 Å². The molecule has 1 aliphatic heterocycles. The summed E-state index contributed by atoms with van der Waals surface area (Å²) in [6.07, 6.45) is 10.1. The van der Waals surface area contributed by atoms with Gasteiger partial charge in [0.2, 0.25) is 5.89 Å². The second-order valence-corrected chi connectivity index (χ2v) is 5.40. The number of nitrogens with zero attached hydrogens (tertiary/aromatic N) is 2. The molecule has 1 aromatic rings. The molecule has 1 atom stereocenters. The molecule has 1 unspecified atom stereocenters. The molecule has 94 valence electrons. The van der Waals surface area contributed by atoms with Crippen molar-refractivity contribution in [2.45, 2.75) is 57.4 Å². The van der Waals surface area contributed by atoms with Crippen LogP contribution in [0, 0.1) is 5.92 Å². The van der Waals surface area contributed by atoms with Crippen molar-refractivity contribution in [1.29, 1.82) is 0 Å². The highest BCUT2D eigenvalue weighted by Gasteiger charge is 2.22. The van der Waals surface area contributed by atoms with Crippen molar-refractivity contribution >= 4 is 0 Å². The van der Waals surface area contributed by atoms with Crippen molar-refractivity contribution in [2.24, 2.45) is 5.92 Å². The van der Waals surface area contributed by atoms with Gasteiger partial charge in [-0.1, -0.05) is 24.4 Å². The van der Waals surface area contributed by atoms with Crippen LogP contribution in [0.2, 0.25) is 0 Å². The summed E-state index contributed by atoms with van der Waals surface area (Å²) in [5, 5.41) is 7.59. The summed E-state index contributed by atoms with van der Waals surface area (Å²) in [5.74, 6) is 2.50. The maximum Gasteiger partial charge on any atom is 0.226 e. The summed E-state index contributed by atoms with van der Waals surface area (Å²) >= 11 is 0. The van der Waals surface area contributed by atoms with Crippen molar-refractivity contribution in [3.8, 4) is 0 Å². The Kier molecular flexibility index (Phi) is 3.41. The Hall–Kier alpha value is -0.900. The minimum Gasteiger partial charge on any atom is -0.339 e. The van der Waals surface area contributed by atoms with Crippen LogP contribution in [0.5, 0.6) is 0 Å². The summed E-state index contributed by atoms with van der Waals surface area (Å²) in [4.78, 5) is 4.56. The first-order valence-electron chi connectivity index (χ1n) is 6.97. The van der Waals surface area contributed by atoms with Crippen molar-refractivity contribution < 1.29 is 4.52 Å². The predicted molar refractivity (Wildman–Crippen MR) is 64.6 cm³/mol. The molecule has 1 aliphatic carbocycles. The molecular weight excluding hydrogens is 214 g/mol. The molecule has 3 rings (SSSR count). The van der Waals surface area contributed by atoms with Gasteiger partial charge in [0.25, 0.3) is 0 Å². The van der Waals surface area contributed by atoms with Crippen molar-refractivity contribution in [3.05, 3.63) is 11.7 Å². The van der Waals surface area contributed by atoms with Gasteiger partial charge in [-0.3, -0.25) is 0 Å². The largest absolute Gasteiger partial charge is 0.339 e. The highest BCUT2D eigenvalue weighted by molar-refractivity contribution is 4.96. The van der Waals surface area contributed by atoms with Crippen LogP contribution in [-0.2, 0) is 6.42 Å². The third kappa shape index (κ3) is 2.68. The van der Waals surface area contributed by atoms with E-state index in [1.165, 1.54) is 38.5 Å². The summed E-state index contributed by atoms with van der Waals surface area (Å²) in [6, 6.07) is 0.324. The molecule has 4 heteroatoms. The van der Waals surface area contributed by atoms with Gasteiger partial charge in [-0.2, -0.15) is 4.98 Å². The smallest absolute Gasteiger partial charge is 0.226 e. The van der Waals surface area contributed by atoms with Crippen molar-refractivity contribution in [1.82, 2.24) is 15.5 Å². The molecule has 4 nitrogen and oxygen atoms in total. The lowest BCUT2D eigenvalue weighted by Crippen LogP contribution is -2.27. The zero-order valence-corrected chi connectivity index (χ0v) is 10.3. The van der Waals surface area contributed by atoms with Crippen LogP contribution in [0.4, 0.5) is 0 Å². The fourth-order valence-corrected chi connectivity index (χ4v) is 3.03. The Morgan fingerprint density at radius 3 is 2.71 bits per heavy atom. The molecule has 2 fully saturated rings. The molecule has 1 aromatic heterocycles. The Morgan fingerprint density at radius 2 is 1.94 bits per heavy atom. The van der Waals surface area contributed by atoms with Crippen molar-refractivity contribution in [3.63, 3.8) is 0 Å². The number of aromatic nitrogens is 2. The van der Waals surface area contributed by atoms with E-state index in [2.05, 4.69) is 15.5 Å². The maximum atomic E-state index is 5.38. The van der Waals surface area contributed by atoms with Crippen LogP contribution in [0.3, 0.4) is 0 Å². The second-order valence-electron chi connectivity index (χ2n) is 5.40. The monoisotopic (exact) mass is 235 g/mol. The first-order valence-corrected chi connectivity index (χ1v) is 6.97. The lowest BCUT2D eigenvalue weighted by molar-refractivity contribution is 0.335. The lowest BCUT2D eigenvalue weighted by Gasteiger charge is -2.19. The van der Waals surface area contributed by atoms with Gasteiger partial charge in [-0.15, -0.1) is 0 Å². The van der Waals surface area contributed by atoms with Crippen LogP contribution >= 0.6 is 0 Å². The third-order valence-electron chi connectivity index (χ3n) is 4.04. The van der Waals surface area contributed by atoms with Crippen LogP contribution in [-0.4, -0.2) is 16.7 Å². The Bertz CT molecular complexity index is 351. The number of nitrogens with one attached hydrogen (secondary N) is 1. The number of rotatable bonds is 3. The Labute approximate surface area is 102 Å². The van der Waals surface area contributed by atoms with Crippen LogP contribution < -0.4 is 5.32 Å². The van der Waals surface area contributed by atoms with Gasteiger partial charge in [0, 0.05) is 6.42 Å². The van der Waals surface area contributed by atoms with E-state index in [4.69, 9.17) is 4.52 Å². The minimum absolute atomic E-state index is 0.324. The van der Waals surface area contributed by atoms with E-state index < -0.39 is 0 Å². The van der Waals surface area contributed by atoms with E-state index in [1.807, 2.05) is 0 Å². The number of hydrogen-bond acceptors (Lipinski definition) is 4. The molecule has 1 saturated heterocycles. The highest BCUT2D eigenvalue weighted by atomic mass is 16.5. The molecule has 0 radical (unpaired) electrons. The molecule has 1 N–H and O–H groups in total. The molecule has 2 heterocycles. The quantitative estimate of drug-likeness (QED) is 0.875. The SMILES string of the molecule is C1CCC(c2noc(CC3CCCC3)n2)NC1. The molecule has 17 heavy (non-hydrogen) atoms. The molecule has 0 aromatic carbocycles. The molecular formula is C13H21N3O. The van der Waals surface area contributed by atoms with Gasteiger partial charge in [0.05, 0.1) is 6.04 Å². The fourth-order valence-electron chi connectivity index (χ4n) is 3.03. The average molecular weight is 235 g/mol. The lowest BCUT2D eigenvalue weighted by atomic mass is 10.0. The zero-order valence-electron chi connectivity index (χ0n) is 10.3. The van der Waals surface area contributed by atoms with Gasteiger partial charge in [-0.05, 0) is 38.1 Å². The molecule has 2 aliphatic rings. The topological polar surface area (TPSA) is 51.0 Å². The van der Waals surface area contributed by atoms with Gasteiger partial charge >= 0.3 is 0 Å². The van der Waals surface area contributed by atoms with E-state index in [1.54, 1.807) is 0 Å². The van der Waals surface area contributed by atoms with Gasteiger partial charge < -0.3 is 9.84 Å². The van der Waals surface area contributed by atoms with Gasteiger partial charge in [0.1, 0.15) is 0 Å². The fraction of sp³-hybridized carbons (Fsp3) is 0.846. The summed E-state index contributed by atoms with van der Waals surface area (Å²) in [6.45, 7) is 1.08. The van der Waals surface area contributed by atoms with Crippen LogP contribution in [0.1, 0.15) is 62.7 Å². The van der Waals surface area contributed by atoms with E-state index in [0.29, 0.717) is 6.04 Å². The van der Waals surface area contributed by atoms with Crippen LogP contribution in [0.25, 0.3) is 0 Å². The number of piperidine rings is 1. The van der Waals surface area contributed by atoms with Crippen LogP contribution in [0.15, 0.2) is 4.52 Å². The predicted octanol–water partition coefficient (Wildman–Crippen LogP) is 2.62. The van der Waals surface area contributed by atoms with Crippen molar-refractivity contribution in [2.75, 3.05) is 6.54 Å². The minimum atomic E-state index is 0.324. The second kappa shape index (κ2) is 5.17. The average Bonchev–Trinajstić information content (AvgIpc) is 3.02.